The molecule has 1 aromatic heterocycles. The van der Waals surface area contributed by atoms with Crippen LogP contribution in [0, 0.1) is 5.82 Å². The molecular formula is C26H20Cl2F4N2O2. The van der Waals surface area contributed by atoms with Gasteiger partial charge in [-0.2, -0.15) is 18.3 Å². The lowest BCUT2D eigenvalue weighted by Crippen LogP contribution is -2.19. The smallest absolute Gasteiger partial charge is 0.419 e. The van der Waals surface area contributed by atoms with Gasteiger partial charge in [-0.1, -0.05) is 59.1 Å². The fourth-order valence-corrected chi connectivity index (χ4v) is 4.45. The molecule has 10 heteroatoms. The van der Waals surface area contributed by atoms with Crippen molar-refractivity contribution in [3.63, 3.8) is 0 Å². The molecule has 0 saturated carbocycles. The second-order valence-corrected chi connectivity index (χ2v) is 9.34. The highest BCUT2D eigenvalue weighted by Gasteiger charge is 2.37. The van der Waals surface area contributed by atoms with Crippen LogP contribution >= 0.6 is 23.2 Å². The van der Waals surface area contributed by atoms with Gasteiger partial charge < -0.3 is 5.11 Å². The largest absolute Gasteiger partial charge is 0.481 e. The van der Waals surface area contributed by atoms with Crippen molar-refractivity contribution in [1.29, 1.82) is 0 Å². The Labute approximate surface area is 214 Å². The van der Waals surface area contributed by atoms with Crippen LogP contribution in [0.5, 0.6) is 0 Å². The third-order valence-corrected chi connectivity index (χ3v) is 6.76. The lowest BCUT2D eigenvalue weighted by atomic mass is 9.91. The predicted molar refractivity (Wildman–Crippen MR) is 129 cm³/mol. The Kier molecular flexibility index (Phi) is 7.29. The fourth-order valence-electron chi connectivity index (χ4n) is 4.16. The van der Waals surface area contributed by atoms with Crippen molar-refractivity contribution in [3.8, 4) is 5.69 Å². The van der Waals surface area contributed by atoms with Crippen LogP contribution < -0.4 is 0 Å². The number of nitrogens with zero attached hydrogens (tertiary/aromatic N) is 2. The van der Waals surface area contributed by atoms with Gasteiger partial charge in [0.25, 0.3) is 0 Å². The Bertz CT molecular complexity index is 1380. The number of hydrogen-bond acceptors (Lipinski definition) is 2. The Balaban J connectivity index is 1.77. The highest BCUT2D eigenvalue weighted by molar-refractivity contribution is 6.42. The van der Waals surface area contributed by atoms with Crippen LogP contribution in [0.4, 0.5) is 17.6 Å². The van der Waals surface area contributed by atoms with Crippen LogP contribution in [0.2, 0.25) is 10.0 Å². The summed E-state index contributed by atoms with van der Waals surface area (Å²) in [5.41, 5.74) is 0.597. The van der Waals surface area contributed by atoms with Crippen LogP contribution in [0.25, 0.3) is 5.69 Å². The van der Waals surface area contributed by atoms with Gasteiger partial charge in [-0.15, -0.1) is 0 Å². The van der Waals surface area contributed by atoms with Crippen molar-refractivity contribution in [2.24, 2.45) is 0 Å². The van der Waals surface area contributed by atoms with Crippen molar-refractivity contribution in [1.82, 2.24) is 9.78 Å². The van der Waals surface area contributed by atoms with E-state index in [2.05, 4.69) is 11.2 Å². The molecule has 0 amide bonds. The van der Waals surface area contributed by atoms with E-state index in [0.717, 1.165) is 23.4 Å². The maximum absolute atomic E-state index is 14.8. The van der Waals surface area contributed by atoms with E-state index in [1.54, 1.807) is 28.9 Å². The van der Waals surface area contributed by atoms with Crippen LogP contribution in [-0.4, -0.2) is 20.9 Å². The number of alkyl halides is 3. The molecule has 0 fully saturated rings. The Morgan fingerprint density at radius 1 is 1.19 bits per heavy atom. The minimum Gasteiger partial charge on any atom is -0.481 e. The second kappa shape index (κ2) is 10.1. The number of carboxylic acids is 1. The fraction of sp³-hybridized carbons (Fsp3) is 0.231. The maximum Gasteiger partial charge on any atom is 0.419 e. The summed E-state index contributed by atoms with van der Waals surface area (Å²) in [7, 11) is 0. The van der Waals surface area contributed by atoms with E-state index < -0.39 is 35.0 Å². The van der Waals surface area contributed by atoms with E-state index in [1.165, 1.54) is 0 Å². The van der Waals surface area contributed by atoms with Gasteiger partial charge >= 0.3 is 12.1 Å². The number of aromatic nitrogens is 2. The van der Waals surface area contributed by atoms with Gasteiger partial charge in [-0.25, -0.2) is 9.07 Å². The van der Waals surface area contributed by atoms with Gasteiger partial charge in [0, 0.05) is 17.9 Å². The van der Waals surface area contributed by atoms with E-state index >= 15 is 0 Å². The summed E-state index contributed by atoms with van der Waals surface area (Å²) in [6.45, 7) is 1.97. The molecule has 0 bridgehead atoms. The lowest BCUT2D eigenvalue weighted by Gasteiger charge is -2.17. The number of benzene rings is 2. The second-order valence-electron chi connectivity index (χ2n) is 8.52. The number of hydrogen-bond donors (Lipinski definition) is 1. The van der Waals surface area contributed by atoms with E-state index in [1.807, 2.05) is 19.1 Å². The highest BCUT2D eigenvalue weighted by atomic mass is 35.5. The van der Waals surface area contributed by atoms with Crippen LogP contribution in [-0.2, 0) is 17.4 Å². The molecular weight excluding hydrogens is 519 g/mol. The summed E-state index contributed by atoms with van der Waals surface area (Å²) in [4.78, 5) is 12.1. The quantitative estimate of drug-likeness (QED) is 0.326. The number of allylic oxidation sites excluding steroid dienone is 4. The number of carbonyl (C=O) groups is 1. The lowest BCUT2D eigenvalue weighted by molar-refractivity contribution is -0.141. The van der Waals surface area contributed by atoms with E-state index in [0.29, 0.717) is 28.2 Å². The van der Waals surface area contributed by atoms with Crippen LogP contribution in [0.3, 0.4) is 0 Å². The minimum atomic E-state index is -4.95. The topological polar surface area (TPSA) is 55.1 Å². The molecule has 0 aliphatic heterocycles. The van der Waals surface area contributed by atoms with Gasteiger partial charge in [0.1, 0.15) is 5.82 Å². The zero-order valence-electron chi connectivity index (χ0n) is 18.9. The predicted octanol–water partition coefficient (Wildman–Crippen LogP) is 7.74. The SMILES string of the molecule is CC1=CCC(c2cc(CC(C(=O)O)c3cccc(C(F)(F)F)c3F)nn2-c2ccc(Cl)c(Cl)c2)C=C1. The highest BCUT2D eigenvalue weighted by Crippen LogP contribution is 2.36. The number of carboxylic acid groups (broad SMARTS) is 1. The minimum absolute atomic E-state index is 0.0991. The standard InChI is InChI=1S/C26H20Cl2F4N2O2/c1-14-5-7-15(8-6-14)23-12-16(33-34(23)17-9-10-21(27)22(28)13-17)11-19(25(35)36)18-3-2-4-20(24(18)29)26(30,31)32/h2-7,9-10,12-13,15,19H,8,11H2,1H3,(H,35,36). The summed E-state index contributed by atoms with van der Waals surface area (Å²) in [5.74, 6) is -4.74. The van der Waals surface area contributed by atoms with E-state index in [9.17, 15) is 27.5 Å². The first-order chi connectivity index (χ1) is 17.0. The summed E-state index contributed by atoms with van der Waals surface area (Å²) in [6, 6.07) is 9.23. The number of halogens is 6. The molecule has 0 radical (unpaired) electrons. The Morgan fingerprint density at radius 2 is 1.94 bits per heavy atom. The third kappa shape index (κ3) is 5.34. The first kappa shape index (κ1) is 26.0. The maximum atomic E-state index is 14.8. The van der Waals surface area contributed by atoms with Gasteiger partial charge in [0.15, 0.2) is 0 Å². The molecule has 36 heavy (non-hydrogen) atoms. The molecule has 188 valence electrons. The van der Waals surface area contributed by atoms with Crippen LogP contribution in [0.15, 0.2) is 66.3 Å². The molecule has 1 aliphatic carbocycles. The zero-order chi connectivity index (χ0) is 26.2. The molecule has 4 rings (SSSR count). The van der Waals surface area contributed by atoms with Crippen molar-refractivity contribution < 1.29 is 27.5 Å². The average molecular weight is 539 g/mol. The van der Waals surface area contributed by atoms with Crippen molar-refractivity contribution in [2.75, 3.05) is 0 Å². The summed E-state index contributed by atoms with van der Waals surface area (Å²) in [6.07, 6.45) is 1.39. The molecule has 2 atom stereocenters. The molecule has 2 aromatic carbocycles. The number of rotatable bonds is 6. The monoisotopic (exact) mass is 538 g/mol. The van der Waals surface area contributed by atoms with Gasteiger partial charge in [-0.05, 0) is 43.7 Å². The van der Waals surface area contributed by atoms with Crippen molar-refractivity contribution in [2.45, 2.75) is 37.8 Å². The first-order valence-electron chi connectivity index (χ1n) is 10.9. The van der Waals surface area contributed by atoms with Gasteiger partial charge in [0.05, 0.1) is 38.6 Å². The third-order valence-electron chi connectivity index (χ3n) is 6.02. The van der Waals surface area contributed by atoms with Crippen molar-refractivity contribution >= 4 is 29.2 Å². The Hall–Kier alpha value is -3.10. The van der Waals surface area contributed by atoms with Crippen LogP contribution in [0.1, 0.15) is 47.7 Å². The molecule has 1 heterocycles. The summed E-state index contributed by atoms with van der Waals surface area (Å²) < 4.78 is 56.1. The molecule has 2 unspecified atom stereocenters. The van der Waals surface area contributed by atoms with Crippen molar-refractivity contribution in [3.05, 3.63) is 105 Å². The Morgan fingerprint density at radius 3 is 2.56 bits per heavy atom. The molecule has 3 aromatic rings. The molecule has 4 nitrogen and oxygen atoms in total. The first-order valence-corrected chi connectivity index (χ1v) is 11.7. The van der Waals surface area contributed by atoms with E-state index in [-0.39, 0.29) is 18.0 Å². The van der Waals surface area contributed by atoms with Gasteiger partial charge in [0.2, 0.25) is 0 Å². The summed E-state index contributed by atoms with van der Waals surface area (Å²) >= 11 is 12.2. The zero-order valence-corrected chi connectivity index (χ0v) is 20.4. The average Bonchev–Trinajstić information content (AvgIpc) is 3.23. The summed E-state index contributed by atoms with van der Waals surface area (Å²) in [5, 5.41) is 15.0. The number of aliphatic carboxylic acids is 1. The van der Waals surface area contributed by atoms with Gasteiger partial charge in [-0.3, -0.25) is 4.79 Å². The molecule has 1 aliphatic rings. The normalized spacial score (nSPS) is 16.6. The molecule has 1 N–H and O–H groups in total. The van der Waals surface area contributed by atoms with E-state index in [4.69, 9.17) is 23.2 Å². The molecule has 0 spiro atoms. The molecule has 0 saturated heterocycles.